The van der Waals surface area contributed by atoms with E-state index >= 15 is 0 Å². The van der Waals surface area contributed by atoms with Gasteiger partial charge in [0, 0.05) is 18.0 Å². The van der Waals surface area contributed by atoms with Crippen LogP contribution in [0, 0.1) is 5.41 Å². The topological polar surface area (TPSA) is 55.6 Å². The first-order valence-corrected chi connectivity index (χ1v) is 7.79. The van der Waals surface area contributed by atoms with Crippen LogP contribution in [-0.2, 0) is 4.79 Å². The maximum absolute atomic E-state index is 12.2. The van der Waals surface area contributed by atoms with Crippen LogP contribution < -0.4 is 10.5 Å². The van der Waals surface area contributed by atoms with Crippen LogP contribution in [0.3, 0.4) is 0 Å². The van der Waals surface area contributed by atoms with E-state index in [0.29, 0.717) is 12.3 Å². The van der Waals surface area contributed by atoms with E-state index in [1.165, 1.54) is 0 Å². The minimum atomic E-state index is 0. The molecule has 118 valence electrons. The van der Waals surface area contributed by atoms with Crippen LogP contribution in [0.25, 0.3) is 0 Å². The summed E-state index contributed by atoms with van der Waals surface area (Å²) < 4.78 is 5.18. The van der Waals surface area contributed by atoms with Crippen LogP contribution in [0.15, 0.2) is 29.2 Å². The largest absolute Gasteiger partial charge is 0.497 e. The van der Waals surface area contributed by atoms with Crippen LogP contribution >= 0.6 is 24.2 Å². The number of hydrogen-bond donors (Lipinski definition) is 1. The Kier molecular flexibility index (Phi) is 6.84. The molecule has 4 nitrogen and oxygen atoms in total. The van der Waals surface area contributed by atoms with Crippen molar-refractivity contribution in [2.24, 2.45) is 11.1 Å². The molecule has 6 heteroatoms. The molecule has 1 amide bonds. The zero-order chi connectivity index (χ0) is 14.6. The fourth-order valence-electron chi connectivity index (χ4n) is 2.33. The molecule has 0 aromatic heterocycles. The molecule has 1 fully saturated rings. The standard InChI is InChI=1S/C15H22N2O2S.ClH/c1-15(10-16)6-7-17(11-15)14(18)9-20-13-5-3-4-12(8-13)19-2;/h3-5,8H,6-7,9-11,16H2,1-2H3;1H. The lowest BCUT2D eigenvalue weighted by Gasteiger charge is -2.22. The van der Waals surface area contributed by atoms with E-state index in [1.807, 2.05) is 29.2 Å². The van der Waals surface area contributed by atoms with Gasteiger partial charge in [-0.15, -0.1) is 24.2 Å². The van der Waals surface area contributed by atoms with Crippen molar-refractivity contribution in [1.29, 1.82) is 0 Å². The highest BCUT2D eigenvalue weighted by molar-refractivity contribution is 8.00. The monoisotopic (exact) mass is 330 g/mol. The number of amides is 1. The van der Waals surface area contributed by atoms with Gasteiger partial charge in [0.15, 0.2) is 0 Å². The predicted molar refractivity (Wildman–Crippen MR) is 89.3 cm³/mol. The van der Waals surface area contributed by atoms with Gasteiger partial charge in [-0.05, 0) is 36.6 Å². The number of rotatable bonds is 5. The molecule has 1 aliphatic rings. The van der Waals surface area contributed by atoms with E-state index in [4.69, 9.17) is 10.5 Å². The molecule has 1 aromatic carbocycles. The fraction of sp³-hybridized carbons (Fsp3) is 0.533. The Morgan fingerprint density at radius 2 is 2.29 bits per heavy atom. The summed E-state index contributed by atoms with van der Waals surface area (Å²) in [6.07, 6.45) is 0.999. The van der Waals surface area contributed by atoms with Gasteiger partial charge in [-0.3, -0.25) is 4.79 Å². The third kappa shape index (κ3) is 4.80. The van der Waals surface area contributed by atoms with E-state index in [-0.39, 0.29) is 23.7 Å². The molecule has 0 bridgehead atoms. The van der Waals surface area contributed by atoms with Crippen molar-refractivity contribution in [3.63, 3.8) is 0 Å². The van der Waals surface area contributed by atoms with E-state index in [1.54, 1.807) is 18.9 Å². The lowest BCUT2D eigenvalue weighted by atomic mass is 9.90. The van der Waals surface area contributed by atoms with Gasteiger partial charge in [0.1, 0.15) is 5.75 Å². The van der Waals surface area contributed by atoms with Gasteiger partial charge in [0.2, 0.25) is 5.91 Å². The van der Waals surface area contributed by atoms with E-state index in [0.717, 1.165) is 30.2 Å². The second kappa shape index (κ2) is 7.92. The molecule has 0 radical (unpaired) electrons. The predicted octanol–water partition coefficient (Wildman–Crippen LogP) is 2.41. The first kappa shape index (κ1) is 18.1. The quantitative estimate of drug-likeness (QED) is 0.842. The maximum atomic E-state index is 12.2. The summed E-state index contributed by atoms with van der Waals surface area (Å²) in [4.78, 5) is 15.2. The lowest BCUT2D eigenvalue weighted by Crippen LogP contribution is -2.35. The number of nitrogens with two attached hydrogens (primary N) is 1. The summed E-state index contributed by atoms with van der Waals surface area (Å²) in [5.41, 5.74) is 5.86. The van der Waals surface area contributed by atoms with Gasteiger partial charge in [0.05, 0.1) is 12.9 Å². The molecule has 1 aliphatic heterocycles. The number of likely N-dealkylation sites (tertiary alicyclic amines) is 1. The van der Waals surface area contributed by atoms with Crippen molar-refractivity contribution in [3.8, 4) is 5.75 Å². The maximum Gasteiger partial charge on any atom is 0.232 e. The zero-order valence-corrected chi connectivity index (χ0v) is 14.1. The third-order valence-electron chi connectivity index (χ3n) is 3.81. The summed E-state index contributed by atoms with van der Waals surface area (Å²) >= 11 is 1.55. The van der Waals surface area contributed by atoms with Gasteiger partial charge >= 0.3 is 0 Å². The summed E-state index contributed by atoms with van der Waals surface area (Å²) in [6, 6.07) is 7.78. The van der Waals surface area contributed by atoms with Gasteiger partial charge in [-0.2, -0.15) is 0 Å². The molecular formula is C15H23ClN2O2S. The Balaban J connectivity index is 0.00000220. The molecule has 2 N–H and O–H groups in total. The average Bonchev–Trinajstić information content (AvgIpc) is 2.88. The molecule has 2 rings (SSSR count). The Bertz CT molecular complexity index is 486. The number of carbonyl (C=O) groups excluding carboxylic acids is 1. The number of carbonyl (C=O) groups is 1. The molecule has 21 heavy (non-hydrogen) atoms. The SMILES string of the molecule is COc1cccc(SCC(=O)N2CCC(C)(CN)C2)c1.Cl. The van der Waals surface area contributed by atoms with Crippen molar-refractivity contribution in [1.82, 2.24) is 4.90 Å². The van der Waals surface area contributed by atoms with Crippen LogP contribution in [0.1, 0.15) is 13.3 Å². The Morgan fingerprint density at radius 1 is 1.52 bits per heavy atom. The lowest BCUT2D eigenvalue weighted by molar-refractivity contribution is -0.127. The minimum absolute atomic E-state index is 0. The summed E-state index contributed by atoms with van der Waals surface area (Å²) in [5, 5.41) is 0. The van der Waals surface area contributed by atoms with E-state index < -0.39 is 0 Å². The highest BCUT2D eigenvalue weighted by Crippen LogP contribution is 2.29. The van der Waals surface area contributed by atoms with Crippen molar-refractivity contribution in [2.45, 2.75) is 18.2 Å². The van der Waals surface area contributed by atoms with Gasteiger partial charge < -0.3 is 15.4 Å². The Morgan fingerprint density at radius 3 is 2.90 bits per heavy atom. The number of nitrogens with zero attached hydrogens (tertiary/aromatic N) is 1. The highest BCUT2D eigenvalue weighted by atomic mass is 35.5. The molecule has 1 aromatic rings. The molecule has 1 unspecified atom stereocenters. The molecular weight excluding hydrogens is 308 g/mol. The van der Waals surface area contributed by atoms with Gasteiger partial charge in [-0.25, -0.2) is 0 Å². The first-order chi connectivity index (χ1) is 9.56. The average molecular weight is 331 g/mol. The number of thioether (sulfide) groups is 1. The normalized spacial score (nSPS) is 21.0. The Labute approximate surface area is 136 Å². The smallest absolute Gasteiger partial charge is 0.232 e. The van der Waals surface area contributed by atoms with Crippen LogP contribution in [0.4, 0.5) is 0 Å². The Hall–Kier alpha value is -0.910. The van der Waals surface area contributed by atoms with Gasteiger partial charge in [-0.1, -0.05) is 13.0 Å². The van der Waals surface area contributed by atoms with Crippen molar-refractivity contribution < 1.29 is 9.53 Å². The highest BCUT2D eigenvalue weighted by Gasteiger charge is 2.34. The fourth-order valence-corrected chi connectivity index (χ4v) is 3.18. The van der Waals surface area contributed by atoms with E-state index in [2.05, 4.69) is 6.92 Å². The zero-order valence-electron chi connectivity index (χ0n) is 12.5. The molecule has 1 heterocycles. The molecule has 1 saturated heterocycles. The molecule has 1 atom stereocenters. The molecule has 0 spiro atoms. The first-order valence-electron chi connectivity index (χ1n) is 6.81. The second-order valence-electron chi connectivity index (χ2n) is 5.55. The van der Waals surface area contributed by atoms with Crippen LogP contribution in [-0.4, -0.2) is 43.3 Å². The number of methoxy groups -OCH3 is 1. The third-order valence-corrected chi connectivity index (χ3v) is 4.79. The summed E-state index contributed by atoms with van der Waals surface area (Å²) in [7, 11) is 1.65. The van der Waals surface area contributed by atoms with Gasteiger partial charge in [0.25, 0.3) is 0 Å². The number of halogens is 1. The number of ether oxygens (including phenoxy) is 1. The van der Waals surface area contributed by atoms with Crippen molar-refractivity contribution in [2.75, 3.05) is 32.5 Å². The molecule has 0 aliphatic carbocycles. The second-order valence-corrected chi connectivity index (χ2v) is 6.60. The van der Waals surface area contributed by atoms with Crippen LogP contribution in [0.2, 0.25) is 0 Å². The number of hydrogen-bond acceptors (Lipinski definition) is 4. The molecule has 0 saturated carbocycles. The number of benzene rings is 1. The van der Waals surface area contributed by atoms with Crippen molar-refractivity contribution >= 4 is 30.1 Å². The minimum Gasteiger partial charge on any atom is -0.497 e. The summed E-state index contributed by atoms with van der Waals surface area (Å²) in [6.45, 7) is 4.39. The van der Waals surface area contributed by atoms with E-state index in [9.17, 15) is 4.79 Å². The van der Waals surface area contributed by atoms with Crippen molar-refractivity contribution in [3.05, 3.63) is 24.3 Å². The summed E-state index contributed by atoms with van der Waals surface area (Å²) in [5.74, 6) is 1.47. The van der Waals surface area contributed by atoms with Crippen LogP contribution in [0.5, 0.6) is 5.75 Å².